The van der Waals surface area contributed by atoms with Crippen molar-refractivity contribution in [3.63, 3.8) is 0 Å². The summed E-state index contributed by atoms with van der Waals surface area (Å²) in [7, 11) is 0. The van der Waals surface area contributed by atoms with Crippen LogP contribution in [0.2, 0.25) is 0 Å². The third kappa shape index (κ3) is 3.54. The number of fused-ring (bicyclic) bond motifs is 1. The van der Waals surface area contributed by atoms with Gasteiger partial charge in [0.25, 0.3) is 0 Å². The van der Waals surface area contributed by atoms with E-state index in [1.165, 1.54) is 0 Å². The molecule has 0 fully saturated rings. The first-order valence-electron chi connectivity index (χ1n) is 9.53. The number of hydrogen-bond acceptors (Lipinski definition) is 3. The molecule has 0 aliphatic rings. The topological polar surface area (TPSA) is 46.9 Å². The Morgan fingerprint density at radius 1 is 0.964 bits per heavy atom. The lowest BCUT2D eigenvalue weighted by Crippen LogP contribution is -2.15. The molecule has 4 nitrogen and oxygen atoms in total. The Labute approximate surface area is 164 Å². The molecule has 0 atom stereocenters. The number of aromatic nitrogens is 2. The Morgan fingerprint density at radius 3 is 2.32 bits per heavy atom. The summed E-state index contributed by atoms with van der Waals surface area (Å²) < 4.78 is 2.13. The van der Waals surface area contributed by atoms with Crippen LogP contribution in [-0.2, 0) is 6.42 Å². The molecule has 0 saturated heterocycles. The second-order valence-corrected chi connectivity index (χ2v) is 7.35. The standard InChI is InChI=1S/C24H23N3O/c1-17(2)13-18-15-25-16-21-22(28)14-23(26-19-9-5-3-6-10-19)27(24(18)21)20-11-7-4-8-12-20/h3-12,14-17,26H,13H2,1-2H3. The van der Waals surface area contributed by atoms with Gasteiger partial charge in [0.05, 0.1) is 10.9 Å². The number of rotatable bonds is 5. The SMILES string of the molecule is CC(C)Cc1cncc2c(=O)cc(Nc3ccccc3)n(-c3ccccc3)c12. The highest BCUT2D eigenvalue weighted by molar-refractivity contribution is 5.86. The van der Waals surface area contributed by atoms with Gasteiger partial charge in [0.2, 0.25) is 0 Å². The summed E-state index contributed by atoms with van der Waals surface area (Å²) in [6.07, 6.45) is 4.41. The van der Waals surface area contributed by atoms with Crippen LogP contribution < -0.4 is 10.7 Å². The van der Waals surface area contributed by atoms with Crippen molar-refractivity contribution in [3.05, 3.63) is 94.9 Å². The van der Waals surface area contributed by atoms with E-state index in [0.29, 0.717) is 11.3 Å². The first-order valence-corrected chi connectivity index (χ1v) is 9.53. The molecule has 0 aliphatic carbocycles. The highest BCUT2D eigenvalue weighted by atomic mass is 16.1. The third-order valence-corrected chi connectivity index (χ3v) is 4.68. The van der Waals surface area contributed by atoms with E-state index in [2.05, 4.69) is 40.8 Å². The summed E-state index contributed by atoms with van der Waals surface area (Å²) in [4.78, 5) is 17.3. The molecule has 2 heterocycles. The quantitative estimate of drug-likeness (QED) is 0.517. The molecule has 2 aromatic heterocycles. The molecular weight excluding hydrogens is 346 g/mol. The average Bonchev–Trinajstić information content (AvgIpc) is 2.70. The summed E-state index contributed by atoms with van der Waals surface area (Å²) in [5, 5.41) is 4.07. The van der Waals surface area contributed by atoms with Gasteiger partial charge in [-0.15, -0.1) is 0 Å². The van der Waals surface area contributed by atoms with Crippen LogP contribution in [0.4, 0.5) is 11.5 Å². The van der Waals surface area contributed by atoms with Gasteiger partial charge in [-0.1, -0.05) is 50.2 Å². The van der Waals surface area contributed by atoms with Crippen molar-refractivity contribution >= 4 is 22.4 Å². The Morgan fingerprint density at radius 2 is 1.64 bits per heavy atom. The Balaban J connectivity index is 2.04. The number of hydrogen-bond donors (Lipinski definition) is 1. The summed E-state index contributed by atoms with van der Waals surface area (Å²) >= 11 is 0. The number of benzene rings is 2. The molecular formula is C24H23N3O. The van der Waals surface area contributed by atoms with Gasteiger partial charge < -0.3 is 5.32 Å². The van der Waals surface area contributed by atoms with E-state index >= 15 is 0 Å². The van der Waals surface area contributed by atoms with E-state index in [1.807, 2.05) is 54.7 Å². The minimum Gasteiger partial charge on any atom is -0.341 e. The van der Waals surface area contributed by atoms with Crippen molar-refractivity contribution in [3.8, 4) is 5.69 Å². The molecule has 140 valence electrons. The van der Waals surface area contributed by atoms with E-state index < -0.39 is 0 Å². The fourth-order valence-electron chi connectivity index (χ4n) is 3.52. The summed E-state index contributed by atoms with van der Waals surface area (Å²) in [5.41, 5.74) is 3.90. The molecule has 0 amide bonds. The third-order valence-electron chi connectivity index (χ3n) is 4.68. The zero-order chi connectivity index (χ0) is 19.5. The Hall–Kier alpha value is -3.40. The molecule has 4 aromatic rings. The average molecular weight is 369 g/mol. The molecule has 0 unspecified atom stereocenters. The first kappa shape index (κ1) is 18.0. The maximum atomic E-state index is 12.9. The molecule has 0 bridgehead atoms. The largest absolute Gasteiger partial charge is 0.341 e. The fourth-order valence-corrected chi connectivity index (χ4v) is 3.52. The normalized spacial score (nSPS) is 11.1. The number of nitrogens with zero attached hydrogens (tertiary/aromatic N) is 2. The van der Waals surface area contributed by atoms with Gasteiger partial charge in [-0.25, -0.2) is 0 Å². The van der Waals surface area contributed by atoms with E-state index in [1.54, 1.807) is 12.3 Å². The van der Waals surface area contributed by atoms with Crippen LogP contribution in [0.25, 0.3) is 16.6 Å². The molecule has 0 radical (unpaired) electrons. The highest BCUT2D eigenvalue weighted by Gasteiger charge is 2.15. The maximum Gasteiger partial charge on any atom is 0.193 e. The van der Waals surface area contributed by atoms with Crippen LogP contribution in [0.15, 0.2) is 83.9 Å². The molecule has 0 aliphatic heterocycles. The van der Waals surface area contributed by atoms with Crippen molar-refractivity contribution in [2.24, 2.45) is 5.92 Å². The lowest BCUT2D eigenvalue weighted by Gasteiger charge is -2.20. The fraction of sp³-hybridized carbons (Fsp3) is 0.167. The number of nitrogens with one attached hydrogen (secondary N) is 1. The monoisotopic (exact) mass is 369 g/mol. The minimum atomic E-state index is -0.0290. The van der Waals surface area contributed by atoms with Gasteiger partial charge in [-0.3, -0.25) is 14.3 Å². The number of pyridine rings is 2. The van der Waals surface area contributed by atoms with Gasteiger partial charge in [-0.05, 0) is 42.2 Å². The van der Waals surface area contributed by atoms with Crippen molar-refractivity contribution in [1.82, 2.24) is 9.55 Å². The summed E-state index contributed by atoms with van der Waals surface area (Å²) in [6, 6.07) is 21.7. The van der Waals surface area contributed by atoms with E-state index in [-0.39, 0.29) is 5.43 Å². The minimum absolute atomic E-state index is 0.0290. The van der Waals surface area contributed by atoms with Crippen LogP contribution in [0.1, 0.15) is 19.4 Å². The highest BCUT2D eigenvalue weighted by Crippen LogP contribution is 2.28. The predicted octanol–water partition coefficient (Wildman–Crippen LogP) is 5.33. The van der Waals surface area contributed by atoms with Crippen LogP contribution >= 0.6 is 0 Å². The summed E-state index contributed by atoms with van der Waals surface area (Å²) in [6.45, 7) is 4.35. The van der Waals surface area contributed by atoms with Crippen LogP contribution in [0.3, 0.4) is 0 Å². The maximum absolute atomic E-state index is 12.9. The van der Waals surface area contributed by atoms with Gasteiger partial charge in [0, 0.05) is 29.8 Å². The van der Waals surface area contributed by atoms with Gasteiger partial charge in [0.15, 0.2) is 5.43 Å². The van der Waals surface area contributed by atoms with Crippen LogP contribution in [-0.4, -0.2) is 9.55 Å². The van der Waals surface area contributed by atoms with Crippen molar-refractivity contribution in [2.75, 3.05) is 5.32 Å². The zero-order valence-electron chi connectivity index (χ0n) is 16.1. The Kier molecular flexibility index (Phi) is 4.94. The van der Waals surface area contributed by atoms with E-state index in [9.17, 15) is 4.79 Å². The lowest BCUT2D eigenvalue weighted by atomic mass is 10.0. The molecule has 28 heavy (non-hydrogen) atoms. The second-order valence-electron chi connectivity index (χ2n) is 7.35. The van der Waals surface area contributed by atoms with E-state index in [4.69, 9.17) is 0 Å². The zero-order valence-corrected chi connectivity index (χ0v) is 16.1. The van der Waals surface area contributed by atoms with Crippen molar-refractivity contribution < 1.29 is 0 Å². The predicted molar refractivity (Wildman–Crippen MR) is 116 cm³/mol. The number of anilines is 2. The summed E-state index contributed by atoms with van der Waals surface area (Å²) in [5.74, 6) is 1.20. The van der Waals surface area contributed by atoms with Gasteiger partial charge in [-0.2, -0.15) is 0 Å². The van der Waals surface area contributed by atoms with Crippen LogP contribution in [0, 0.1) is 5.92 Å². The van der Waals surface area contributed by atoms with Crippen molar-refractivity contribution in [2.45, 2.75) is 20.3 Å². The van der Waals surface area contributed by atoms with Crippen LogP contribution in [0.5, 0.6) is 0 Å². The molecule has 0 spiro atoms. The molecule has 0 saturated carbocycles. The van der Waals surface area contributed by atoms with Crippen molar-refractivity contribution in [1.29, 1.82) is 0 Å². The number of para-hydroxylation sites is 2. The second kappa shape index (κ2) is 7.69. The lowest BCUT2D eigenvalue weighted by molar-refractivity contribution is 0.647. The van der Waals surface area contributed by atoms with Gasteiger partial charge >= 0.3 is 0 Å². The molecule has 4 rings (SSSR count). The van der Waals surface area contributed by atoms with E-state index in [0.717, 1.165) is 34.7 Å². The first-order chi connectivity index (χ1) is 13.6. The van der Waals surface area contributed by atoms with Gasteiger partial charge in [0.1, 0.15) is 5.82 Å². The Bertz CT molecular complexity index is 1150. The molecule has 1 N–H and O–H groups in total. The smallest absolute Gasteiger partial charge is 0.193 e. The molecule has 4 heteroatoms. The molecule has 2 aromatic carbocycles.